The predicted octanol–water partition coefficient (Wildman–Crippen LogP) is 1.37. The van der Waals surface area contributed by atoms with E-state index in [9.17, 15) is 10.1 Å². The van der Waals surface area contributed by atoms with Crippen molar-refractivity contribution in [2.45, 2.75) is 20.1 Å². The van der Waals surface area contributed by atoms with Crippen molar-refractivity contribution in [3.63, 3.8) is 0 Å². The molecule has 0 saturated heterocycles. The summed E-state index contributed by atoms with van der Waals surface area (Å²) in [4.78, 5) is 10.3. The van der Waals surface area contributed by atoms with Gasteiger partial charge in [0, 0.05) is 24.2 Å². The molecule has 94 valence electrons. The molecule has 1 N–H and O–H groups in total. The zero-order chi connectivity index (χ0) is 13.1. The first-order chi connectivity index (χ1) is 8.67. The molecule has 7 nitrogen and oxygen atoms in total. The average Bonchev–Trinajstić information content (AvgIpc) is 2.81. The lowest BCUT2D eigenvalue weighted by molar-refractivity contribution is -0.384. The van der Waals surface area contributed by atoms with Crippen LogP contribution in [0.3, 0.4) is 0 Å². The van der Waals surface area contributed by atoms with Crippen LogP contribution >= 0.6 is 0 Å². The third-order valence-corrected chi connectivity index (χ3v) is 2.60. The minimum Gasteiger partial charge on any atom is -0.388 e. The lowest BCUT2D eigenvalue weighted by Gasteiger charge is -2.05. The summed E-state index contributed by atoms with van der Waals surface area (Å²) in [5, 5.41) is 27.7. The Bertz CT molecular complexity index is 579. The SMILES string of the molecule is CCn1c(CO)nnc1-c1cccc([N+](=O)[O-])c1. The summed E-state index contributed by atoms with van der Waals surface area (Å²) in [6.07, 6.45) is 0. The molecular weight excluding hydrogens is 236 g/mol. The molecule has 1 heterocycles. The highest BCUT2D eigenvalue weighted by atomic mass is 16.6. The zero-order valence-corrected chi connectivity index (χ0v) is 9.78. The van der Waals surface area contributed by atoms with Crippen LogP contribution in [0.25, 0.3) is 11.4 Å². The summed E-state index contributed by atoms with van der Waals surface area (Å²) in [6, 6.07) is 6.19. The molecule has 18 heavy (non-hydrogen) atoms. The maximum atomic E-state index is 10.7. The quantitative estimate of drug-likeness (QED) is 0.651. The molecule has 0 unspecified atom stereocenters. The van der Waals surface area contributed by atoms with Gasteiger partial charge >= 0.3 is 0 Å². The van der Waals surface area contributed by atoms with Gasteiger partial charge in [-0.15, -0.1) is 10.2 Å². The fraction of sp³-hybridized carbons (Fsp3) is 0.273. The fourth-order valence-corrected chi connectivity index (χ4v) is 1.76. The standard InChI is InChI=1S/C11H12N4O3/c1-2-14-10(7-16)12-13-11(14)8-4-3-5-9(6-8)15(17)18/h3-6,16H,2,7H2,1H3. The van der Waals surface area contributed by atoms with E-state index in [0.717, 1.165) is 0 Å². The van der Waals surface area contributed by atoms with E-state index in [2.05, 4.69) is 10.2 Å². The highest BCUT2D eigenvalue weighted by Gasteiger charge is 2.14. The van der Waals surface area contributed by atoms with Crippen molar-refractivity contribution in [1.29, 1.82) is 0 Å². The molecule has 1 aromatic carbocycles. The Kier molecular flexibility index (Phi) is 3.33. The van der Waals surface area contributed by atoms with Gasteiger partial charge in [-0.3, -0.25) is 10.1 Å². The fourth-order valence-electron chi connectivity index (χ4n) is 1.76. The molecule has 2 aromatic rings. The van der Waals surface area contributed by atoms with E-state index < -0.39 is 4.92 Å². The topological polar surface area (TPSA) is 94.1 Å². The molecule has 0 radical (unpaired) electrons. The average molecular weight is 248 g/mol. The molecule has 0 aliphatic heterocycles. The van der Waals surface area contributed by atoms with E-state index in [0.29, 0.717) is 23.8 Å². The van der Waals surface area contributed by atoms with Crippen molar-refractivity contribution in [2.24, 2.45) is 0 Å². The van der Waals surface area contributed by atoms with Gasteiger partial charge in [0.2, 0.25) is 0 Å². The lowest BCUT2D eigenvalue weighted by atomic mass is 10.2. The molecule has 0 atom stereocenters. The Balaban J connectivity index is 2.51. The summed E-state index contributed by atoms with van der Waals surface area (Å²) >= 11 is 0. The molecule has 2 rings (SSSR count). The third kappa shape index (κ3) is 2.07. The first kappa shape index (κ1) is 12.2. The molecular formula is C11H12N4O3. The normalized spacial score (nSPS) is 10.6. The third-order valence-electron chi connectivity index (χ3n) is 2.60. The lowest BCUT2D eigenvalue weighted by Crippen LogP contribution is -2.03. The number of nitro benzene ring substituents is 1. The number of nitrogens with zero attached hydrogens (tertiary/aromatic N) is 4. The van der Waals surface area contributed by atoms with Gasteiger partial charge in [-0.25, -0.2) is 0 Å². The highest BCUT2D eigenvalue weighted by Crippen LogP contribution is 2.23. The van der Waals surface area contributed by atoms with Crippen molar-refractivity contribution in [3.05, 3.63) is 40.2 Å². The van der Waals surface area contributed by atoms with Gasteiger partial charge in [0.25, 0.3) is 5.69 Å². The number of aliphatic hydroxyl groups is 1. The van der Waals surface area contributed by atoms with Gasteiger partial charge in [0.1, 0.15) is 6.61 Å². The van der Waals surface area contributed by atoms with Crippen LogP contribution in [0.1, 0.15) is 12.7 Å². The van der Waals surface area contributed by atoms with E-state index in [1.54, 1.807) is 16.7 Å². The zero-order valence-electron chi connectivity index (χ0n) is 9.78. The summed E-state index contributed by atoms with van der Waals surface area (Å²) in [5.74, 6) is 0.962. The second kappa shape index (κ2) is 4.92. The number of aromatic nitrogens is 3. The summed E-state index contributed by atoms with van der Waals surface area (Å²) in [7, 11) is 0. The van der Waals surface area contributed by atoms with Crippen molar-refractivity contribution < 1.29 is 10.0 Å². The number of aliphatic hydroxyl groups excluding tert-OH is 1. The van der Waals surface area contributed by atoms with Gasteiger partial charge < -0.3 is 9.67 Å². The van der Waals surface area contributed by atoms with Crippen molar-refractivity contribution in [2.75, 3.05) is 0 Å². The Labute approximate surface area is 103 Å². The smallest absolute Gasteiger partial charge is 0.270 e. The van der Waals surface area contributed by atoms with E-state index in [4.69, 9.17) is 5.11 Å². The Morgan fingerprint density at radius 2 is 2.22 bits per heavy atom. The molecule has 0 aliphatic carbocycles. The van der Waals surface area contributed by atoms with Gasteiger partial charge in [0.05, 0.1) is 4.92 Å². The van der Waals surface area contributed by atoms with Crippen LogP contribution in [0.4, 0.5) is 5.69 Å². The van der Waals surface area contributed by atoms with Crippen molar-refractivity contribution in [3.8, 4) is 11.4 Å². The number of non-ortho nitro benzene ring substituents is 1. The highest BCUT2D eigenvalue weighted by molar-refractivity contribution is 5.59. The number of hydrogen-bond acceptors (Lipinski definition) is 5. The molecule has 0 bridgehead atoms. The van der Waals surface area contributed by atoms with Crippen molar-refractivity contribution in [1.82, 2.24) is 14.8 Å². The van der Waals surface area contributed by atoms with Crippen LogP contribution in [0, 0.1) is 10.1 Å². The second-order valence-corrected chi connectivity index (χ2v) is 3.65. The van der Waals surface area contributed by atoms with Gasteiger partial charge in [-0.05, 0) is 6.92 Å². The monoisotopic (exact) mass is 248 g/mol. The first-order valence-electron chi connectivity index (χ1n) is 5.45. The second-order valence-electron chi connectivity index (χ2n) is 3.65. The molecule has 0 fully saturated rings. The minimum absolute atomic E-state index is 0.00343. The minimum atomic E-state index is -0.455. The Morgan fingerprint density at radius 1 is 1.44 bits per heavy atom. The Morgan fingerprint density at radius 3 is 2.83 bits per heavy atom. The number of rotatable bonds is 4. The molecule has 0 spiro atoms. The maximum absolute atomic E-state index is 10.7. The van der Waals surface area contributed by atoms with E-state index in [1.807, 2.05) is 6.92 Å². The van der Waals surface area contributed by atoms with Crippen LogP contribution in [0.2, 0.25) is 0 Å². The molecule has 0 amide bonds. The largest absolute Gasteiger partial charge is 0.388 e. The van der Waals surface area contributed by atoms with Gasteiger partial charge in [0.15, 0.2) is 11.6 Å². The summed E-state index contributed by atoms with van der Waals surface area (Å²) in [6.45, 7) is 2.26. The molecule has 0 aliphatic rings. The summed E-state index contributed by atoms with van der Waals surface area (Å²) < 4.78 is 1.72. The summed E-state index contributed by atoms with van der Waals surface area (Å²) in [5.41, 5.74) is 0.613. The Hall–Kier alpha value is -2.28. The van der Waals surface area contributed by atoms with E-state index >= 15 is 0 Å². The maximum Gasteiger partial charge on any atom is 0.270 e. The van der Waals surface area contributed by atoms with Crippen LogP contribution in [-0.4, -0.2) is 24.8 Å². The molecule has 1 aromatic heterocycles. The van der Waals surface area contributed by atoms with Crippen LogP contribution < -0.4 is 0 Å². The van der Waals surface area contributed by atoms with Crippen LogP contribution in [0.5, 0.6) is 0 Å². The van der Waals surface area contributed by atoms with E-state index in [1.165, 1.54) is 12.1 Å². The number of benzene rings is 1. The van der Waals surface area contributed by atoms with Gasteiger partial charge in [-0.1, -0.05) is 12.1 Å². The number of nitro groups is 1. The van der Waals surface area contributed by atoms with Crippen molar-refractivity contribution >= 4 is 5.69 Å². The van der Waals surface area contributed by atoms with Crippen LogP contribution in [0.15, 0.2) is 24.3 Å². The first-order valence-corrected chi connectivity index (χ1v) is 5.45. The number of hydrogen-bond donors (Lipinski definition) is 1. The van der Waals surface area contributed by atoms with E-state index in [-0.39, 0.29) is 12.3 Å². The van der Waals surface area contributed by atoms with Crippen LogP contribution in [-0.2, 0) is 13.2 Å². The molecule has 0 saturated carbocycles. The predicted molar refractivity (Wildman–Crippen MR) is 63.7 cm³/mol. The van der Waals surface area contributed by atoms with Gasteiger partial charge in [-0.2, -0.15) is 0 Å². The molecule has 7 heteroatoms.